The Kier molecular flexibility index (Phi) is 2.33. The third kappa shape index (κ3) is 1.37. The SMILES string of the molecule is Cc1c(/N=N/N)cccc1[N+]#N. The Hall–Kier alpha value is -1.96. The molecule has 0 amide bonds. The molecule has 0 saturated heterocycles. The van der Waals surface area contributed by atoms with E-state index in [0.29, 0.717) is 11.4 Å². The zero-order chi connectivity index (χ0) is 8.97. The summed E-state index contributed by atoms with van der Waals surface area (Å²) in [7, 11) is 0. The van der Waals surface area contributed by atoms with Gasteiger partial charge in [0.2, 0.25) is 5.39 Å². The topological polar surface area (TPSA) is 78.9 Å². The molecule has 2 N–H and O–H groups in total. The Morgan fingerprint density at radius 2 is 2.25 bits per heavy atom. The van der Waals surface area contributed by atoms with E-state index >= 15 is 0 Å². The Morgan fingerprint density at radius 3 is 2.83 bits per heavy atom. The summed E-state index contributed by atoms with van der Waals surface area (Å²) in [6.07, 6.45) is 0. The van der Waals surface area contributed by atoms with Crippen molar-refractivity contribution in [2.75, 3.05) is 0 Å². The molecule has 5 nitrogen and oxygen atoms in total. The van der Waals surface area contributed by atoms with Crippen molar-refractivity contribution in [3.63, 3.8) is 0 Å². The third-order valence-electron chi connectivity index (χ3n) is 1.55. The van der Waals surface area contributed by atoms with Gasteiger partial charge in [-0.05, 0) is 13.0 Å². The van der Waals surface area contributed by atoms with Gasteiger partial charge in [-0.25, -0.2) is 0 Å². The normalized spacial score (nSPS) is 10.0. The van der Waals surface area contributed by atoms with Gasteiger partial charge in [-0.3, -0.25) is 0 Å². The second-order valence-corrected chi connectivity index (χ2v) is 2.24. The van der Waals surface area contributed by atoms with Crippen LogP contribution in [0.2, 0.25) is 0 Å². The lowest BCUT2D eigenvalue weighted by molar-refractivity contribution is 1.05. The molecule has 1 aromatic rings. The van der Waals surface area contributed by atoms with E-state index in [9.17, 15) is 0 Å². The van der Waals surface area contributed by atoms with Crippen molar-refractivity contribution in [3.8, 4) is 0 Å². The number of nitrogens with zero attached hydrogens (tertiary/aromatic N) is 4. The maximum absolute atomic E-state index is 8.53. The number of hydrogen-bond acceptors (Lipinski definition) is 3. The largest absolute Gasteiger partial charge is 0.390 e. The van der Waals surface area contributed by atoms with E-state index in [-0.39, 0.29) is 0 Å². The van der Waals surface area contributed by atoms with Crippen molar-refractivity contribution < 1.29 is 0 Å². The van der Waals surface area contributed by atoms with Crippen molar-refractivity contribution in [2.24, 2.45) is 16.2 Å². The first-order valence-corrected chi connectivity index (χ1v) is 3.35. The molecule has 0 atom stereocenters. The van der Waals surface area contributed by atoms with Crippen LogP contribution in [0.1, 0.15) is 5.56 Å². The van der Waals surface area contributed by atoms with Gasteiger partial charge in [0.1, 0.15) is 0 Å². The fraction of sp³-hybridized carbons (Fsp3) is 0.143. The van der Waals surface area contributed by atoms with E-state index in [4.69, 9.17) is 11.2 Å². The predicted molar refractivity (Wildman–Crippen MR) is 44.6 cm³/mol. The van der Waals surface area contributed by atoms with Crippen molar-refractivity contribution in [3.05, 3.63) is 28.7 Å². The van der Waals surface area contributed by atoms with Gasteiger partial charge < -0.3 is 5.84 Å². The highest BCUT2D eigenvalue weighted by Gasteiger charge is 2.12. The summed E-state index contributed by atoms with van der Waals surface area (Å²) in [5.41, 5.74) is 1.82. The number of diazo groups is 1. The predicted octanol–water partition coefficient (Wildman–Crippen LogP) is 2.44. The first-order chi connectivity index (χ1) is 5.79. The summed E-state index contributed by atoms with van der Waals surface area (Å²) in [5.74, 6) is 4.89. The number of hydrogen-bond donors (Lipinski definition) is 1. The second kappa shape index (κ2) is 3.44. The molecule has 0 bridgehead atoms. The standard InChI is InChI=1S/C7H8N5/c1-5-6(10-8)3-2-4-7(5)11-12-9/h2-4H,1H3,(H2,9,11)/q+1. The Balaban J connectivity index is 3.25. The first-order valence-electron chi connectivity index (χ1n) is 3.35. The number of benzene rings is 1. The minimum Gasteiger partial charge on any atom is -0.305 e. The molecule has 0 radical (unpaired) electrons. The monoisotopic (exact) mass is 162 g/mol. The van der Waals surface area contributed by atoms with E-state index in [1.54, 1.807) is 25.1 Å². The highest BCUT2D eigenvalue weighted by Crippen LogP contribution is 2.27. The van der Waals surface area contributed by atoms with Crippen LogP contribution in [-0.2, 0) is 0 Å². The van der Waals surface area contributed by atoms with E-state index in [0.717, 1.165) is 5.56 Å². The maximum Gasteiger partial charge on any atom is 0.390 e. The second-order valence-electron chi connectivity index (χ2n) is 2.24. The van der Waals surface area contributed by atoms with Gasteiger partial charge in [-0.1, -0.05) is 11.3 Å². The van der Waals surface area contributed by atoms with Crippen molar-refractivity contribution >= 4 is 11.4 Å². The van der Waals surface area contributed by atoms with Crippen LogP contribution in [0.4, 0.5) is 11.4 Å². The summed E-state index contributed by atoms with van der Waals surface area (Å²) in [6.45, 7) is 1.78. The summed E-state index contributed by atoms with van der Waals surface area (Å²) in [4.78, 5) is 3.07. The highest BCUT2D eigenvalue weighted by atomic mass is 15.3. The van der Waals surface area contributed by atoms with Crippen LogP contribution in [0.3, 0.4) is 0 Å². The molecular formula is C7H8N5+. The van der Waals surface area contributed by atoms with E-state index in [2.05, 4.69) is 15.3 Å². The van der Waals surface area contributed by atoms with Crippen LogP contribution in [0.15, 0.2) is 28.5 Å². The molecule has 0 aromatic heterocycles. The van der Waals surface area contributed by atoms with Crippen LogP contribution in [0.25, 0.3) is 4.98 Å². The lowest BCUT2D eigenvalue weighted by atomic mass is 10.2. The summed E-state index contributed by atoms with van der Waals surface area (Å²) >= 11 is 0. The molecular weight excluding hydrogens is 154 g/mol. The Bertz CT molecular complexity index is 349. The zero-order valence-corrected chi connectivity index (χ0v) is 6.60. The van der Waals surface area contributed by atoms with Gasteiger partial charge in [0, 0.05) is 6.07 Å². The molecule has 0 aliphatic heterocycles. The van der Waals surface area contributed by atoms with Crippen LogP contribution >= 0.6 is 0 Å². The van der Waals surface area contributed by atoms with Gasteiger partial charge in [0.05, 0.1) is 11.3 Å². The van der Waals surface area contributed by atoms with Gasteiger partial charge in [0.15, 0.2) is 4.98 Å². The molecule has 1 aromatic carbocycles. The van der Waals surface area contributed by atoms with Crippen molar-refractivity contribution in [1.29, 1.82) is 5.39 Å². The average Bonchev–Trinajstić information content (AvgIpc) is 2.09. The molecule has 0 aliphatic carbocycles. The van der Waals surface area contributed by atoms with Crippen molar-refractivity contribution in [1.82, 2.24) is 0 Å². The minimum atomic E-state index is 0.472. The van der Waals surface area contributed by atoms with E-state index in [1.807, 2.05) is 0 Å². The van der Waals surface area contributed by atoms with Crippen LogP contribution < -0.4 is 5.84 Å². The fourth-order valence-electron chi connectivity index (χ4n) is 0.890. The van der Waals surface area contributed by atoms with E-state index in [1.165, 1.54) is 0 Å². The summed E-state index contributed by atoms with van der Waals surface area (Å²) < 4.78 is 0. The molecule has 1 rings (SSSR count). The smallest absolute Gasteiger partial charge is 0.305 e. The molecule has 0 fully saturated rings. The van der Waals surface area contributed by atoms with Gasteiger partial charge >= 0.3 is 5.69 Å². The molecule has 0 spiro atoms. The fourth-order valence-corrected chi connectivity index (χ4v) is 0.890. The molecule has 0 unspecified atom stereocenters. The average molecular weight is 162 g/mol. The lowest BCUT2D eigenvalue weighted by Gasteiger charge is -1.91. The molecule has 60 valence electrons. The minimum absolute atomic E-state index is 0.472. The van der Waals surface area contributed by atoms with Gasteiger partial charge in [-0.15, -0.1) is 5.11 Å². The van der Waals surface area contributed by atoms with Gasteiger partial charge in [-0.2, -0.15) is 0 Å². The molecule has 0 aliphatic rings. The maximum atomic E-state index is 8.53. The molecule has 12 heavy (non-hydrogen) atoms. The molecule has 0 heterocycles. The highest BCUT2D eigenvalue weighted by molar-refractivity contribution is 5.62. The van der Waals surface area contributed by atoms with Gasteiger partial charge in [0.25, 0.3) is 0 Å². The summed E-state index contributed by atoms with van der Waals surface area (Å²) in [6, 6.07) is 5.12. The molecule has 0 saturated carbocycles. The summed E-state index contributed by atoms with van der Waals surface area (Å²) in [5, 5.41) is 15.3. The van der Waals surface area contributed by atoms with Crippen molar-refractivity contribution in [2.45, 2.75) is 6.92 Å². The van der Waals surface area contributed by atoms with Crippen LogP contribution in [-0.4, -0.2) is 0 Å². The van der Waals surface area contributed by atoms with Crippen LogP contribution in [0.5, 0.6) is 0 Å². The Labute approximate surface area is 69.5 Å². The lowest BCUT2D eigenvalue weighted by Crippen LogP contribution is -1.77. The first kappa shape index (κ1) is 8.14. The molecule has 5 heteroatoms. The third-order valence-corrected chi connectivity index (χ3v) is 1.55. The van der Waals surface area contributed by atoms with E-state index < -0.39 is 0 Å². The van der Waals surface area contributed by atoms with Crippen LogP contribution in [0, 0.1) is 12.3 Å². The Morgan fingerprint density at radius 1 is 1.50 bits per heavy atom. The number of rotatable bonds is 1. The quantitative estimate of drug-likeness (QED) is 0.298. The zero-order valence-electron chi connectivity index (χ0n) is 6.60. The number of nitrogens with two attached hydrogens (primary N) is 1.